The quantitative estimate of drug-likeness (QED) is 0.774. The first-order valence-corrected chi connectivity index (χ1v) is 6.26. The van der Waals surface area contributed by atoms with Crippen LogP contribution in [0.2, 0.25) is 0 Å². The molecule has 0 aromatic carbocycles. The molecule has 102 valence electrons. The molecule has 1 amide bonds. The second-order valence-corrected chi connectivity index (χ2v) is 4.40. The number of carbonyl (C=O) groups is 1. The number of nitrogens with one attached hydrogen (secondary N) is 1. The molecule has 0 aliphatic carbocycles. The van der Waals surface area contributed by atoms with E-state index in [0.29, 0.717) is 31.7 Å². The minimum Gasteiger partial charge on any atom is -0.355 e. The van der Waals surface area contributed by atoms with Crippen LogP contribution in [-0.2, 0) is 11.2 Å². The Kier molecular flexibility index (Phi) is 4.06. The Balaban J connectivity index is 2.14. The summed E-state index contributed by atoms with van der Waals surface area (Å²) < 4.78 is 1.83. The van der Waals surface area contributed by atoms with Crippen molar-refractivity contribution >= 4 is 11.7 Å². The van der Waals surface area contributed by atoms with Crippen molar-refractivity contribution in [1.82, 2.24) is 24.9 Å². The van der Waals surface area contributed by atoms with Crippen molar-refractivity contribution in [1.29, 1.82) is 0 Å². The highest BCUT2D eigenvalue weighted by Crippen LogP contribution is 2.15. The fourth-order valence-corrected chi connectivity index (χ4v) is 2.07. The average molecular weight is 262 g/mol. The molecule has 7 nitrogen and oxygen atoms in total. The molecule has 0 aliphatic heterocycles. The Morgan fingerprint density at radius 2 is 2.26 bits per heavy atom. The lowest BCUT2D eigenvalue weighted by atomic mass is 10.1. The van der Waals surface area contributed by atoms with Crippen LogP contribution in [0.25, 0.3) is 5.78 Å². The number of hydrogen-bond donors (Lipinski definition) is 2. The summed E-state index contributed by atoms with van der Waals surface area (Å²) in [5.74, 6) is 0.597. The Labute approximate surface area is 111 Å². The number of carbonyl (C=O) groups excluding carboxylic acids is 1. The van der Waals surface area contributed by atoms with Crippen LogP contribution in [0.3, 0.4) is 0 Å². The minimum atomic E-state index is 0.00750. The topological polar surface area (TPSA) is 98.2 Å². The predicted molar refractivity (Wildman–Crippen MR) is 70.6 cm³/mol. The number of hydrogen-bond acceptors (Lipinski definition) is 5. The van der Waals surface area contributed by atoms with Crippen molar-refractivity contribution in [2.24, 2.45) is 5.73 Å². The first-order chi connectivity index (χ1) is 9.13. The minimum absolute atomic E-state index is 0.00750. The van der Waals surface area contributed by atoms with E-state index in [0.717, 1.165) is 17.0 Å². The molecule has 7 heteroatoms. The smallest absolute Gasteiger partial charge is 0.255 e. The second-order valence-electron chi connectivity index (χ2n) is 4.40. The van der Waals surface area contributed by atoms with Gasteiger partial charge >= 0.3 is 0 Å². The third-order valence-electron chi connectivity index (χ3n) is 3.10. The van der Waals surface area contributed by atoms with Crippen molar-refractivity contribution in [2.45, 2.75) is 26.7 Å². The molecule has 0 unspecified atom stereocenters. The molecule has 19 heavy (non-hydrogen) atoms. The van der Waals surface area contributed by atoms with Gasteiger partial charge in [0.1, 0.15) is 6.33 Å². The zero-order valence-corrected chi connectivity index (χ0v) is 11.2. The van der Waals surface area contributed by atoms with E-state index in [1.54, 1.807) is 6.33 Å². The van der Waals surface area contributed by atoms with Gasteiger partial charge in [-0.15, -0.1) is 10.2 Å². The van der Waals surface area contributed by atoms with Crippen LogP contribution in [0.4, 0.5) is 0 Å². The highest BCUT2D eigenvalue weighted by atomic mass is 16.1. The highest BCUT2D eigenvalue weighted by molar-refractivity contribution is 5.76. The van der Waals surface area contributed by atoms with Gasteiger partial charge < -0.3 is 11.1 Å². The molecule has 0 atom stereocenters. The monoisotopic (exact) mass is 262 g/mol. The van der Waals surface area contributed by atoms with Crippen molar-refractivity contribution in [3.63, 3.8) is 0 Å². The van der Waals surface area contributed by atoms with Crippen molar-refractivity contribution in [3.05, 3.63) is 23.3 Å². The van der Waals surface area contributed by atoms with Crippen molar-refractivity contribution in [2.75, 3.05) is 13.1 Å². The van der Waals surface area contributed by atoms with E-state index < -0.39 is 0 Å². The maximum absolute atomic E-state index is 11.6. The summed E-state index contributed by atoms with van der Waals surface area (Å²) in [5, 5.41) is 10.5. The third kappa shape index (κ3) is 2.87. The number of aryl methyl sites for hydroxylation is 2. The summed E-state index contributed by atoms with van der Waals surface area (Å²) in [7, 11) is 0. The molecule has 2 aromatic rings. The molecule has 3 N–H and O–H groups in total. The van der Waals surface area contributed by atoms with E-state index >= 15 is 0 Å². The van der Waals surface area contributed by atoms with Crippen LogP contribution in [0.15, 0.2) is 6.33 Å². The number of aromatic nitrogens is 4. The largest absolute Gasteiger partial charge is 0.355 e. The lowest BCUT2D eigenvalue weighted by Gasteiger charge is -2.10. The van der Waals surface area contributed by atoms with Crippen LogP contribution in [0, 0.1) is 13.8 Å². The summed E-state index contributed by atoms with van der Waals surface area (Å²) in [6.07, 6.45) is 2.71. The maximum atomic E-state index is 11.6. The average Bonchev–Trinajstić information content (AvgIpc) is 2.84. The molecular weight excluding hydrogens is 244 g/mol. The summed E-state index contributed by atoms with van der Waals surface area (Å²) in [6.45, 7) is 4.88. The predicted octanol–water partition coefficient (Wildman–Crippen LogP) is -0.251. The van der Waals surface area contributed by atoms with Gasteiger partial charge in [0.15, 0.2) is 0 Å². The van der Waals surface area contributed by atoms with Crippen LogP contribution >= 0.6 is 0 Å². The second kappa shape index (κ2) is 5.75. The van der Waals surface area contributed by atoms with E-state index in [-0.39, 0.29) is 5.91 Å². The van der Waals surface area contributed by atoms with Crippen LogP contribution in [0.5, 0.6) is 0 Å². The molecule has 0 saturated heterocycles. The lowest BCUT2D eigenvalue weighted by molar-refractivity contribution is -0.120. The Morgan fingerprint density at radius 1 is 1.47 bits per heavy atom. The molecule has 0 fully saturated rings. The highest BCUT2D eigenvalue weighted by Gasteiger charge is 2.11. The normalized spacial score (nSPS) is 10.9. The van der Waals surface area contributed by atoms with Gasteiger partial charge in [-0.2, -0.15) is 0 Å². The van der Waals surface area contributed by atoms with Gasteiger partial charge in [-0.25, -0.2) is 4.98 Å². The molecule has 0 radical (unpaired) electrons. The molecular formula is C12H18N6O. The van der Waals surface area contributed by atoms with Gasteiger partial charge in [0.25, 0.3) is 5.78 Å². The van der Waals surface area contributed by atoms with Crippen molar-refractivity contribution in [3.8, 4) is 0 Å². The first-order valence-electron chi connectivity index (χ1n) is 6.26. The van der Waals surface area contributed by atoms with E-state index in [1.165, 1.54) is 0 Å². The molecule has 2 heterocycles. The van der Waals surface area contributed by atoms with Gasteiger partial charge in [0.05, 0.1) is 0 Å². The molecule has 0 spiro atoms. The van der Waals surface area contributed by atoms with Crippen LogP contribution < -0.4 is 11.1 Å². The zero-order valence-electron chi connectivity index (χ0n) is 11.2. The van der Waals surface area contributed by atoms with Crippen LogP contribution in [0.1, 0.15) is 23.4 Å². The van der Waals surface area contributed by atoms with Gasteiger partial charge in [0.2, 0.25) is 5.91 Å². The number of rotatable bonds is 5. The molecule has 0 saturated carbocycles. The Morgan fingerprint density at radius 3 is 3.00 bits per heavy atom. The molecule has 0 aliphatic rings. The summed E-state index contributed by atoms with van der Waals surface area (Å²) in [4.78, 5) is 16.0. The Hall–Kier alpha value is -2.02. The summed E-state index contributed by atoms with van der Waals surface area (Å²) in [5.41, 5.74) is 8.33. The summed E-state index contributed by atoms with van der Waals surface area (Å²) >= 11 is 0. The fourth-order valence-electron chi connectivity index (χ4n) is 2.07. The fraction of sp³-hybridized carbons (Fsp3) is 0.500. The van der Waals surface area contributed by atoms with E-state index in [4.69, 9.17) is 5.73 Å². The third-order valence-corrected chi connectivity index (χ3v) is 3.10. The number of nitrogens with zero attached hydrogens (tertiary/aromatic N) is 4. The number of fused-ring (bicyclic) bond motifs is 1. The number of amides is 1. The first kappa shape index (κ1) is 13.4. The van der Waals surface area contributed by atoms with Gasteiger partial charge in [-0.1, -0.05) is 0 Å². The number of nitrogens with two attached hydrogens (primary N) is 1. The molecule has 2 aromatic heterocycles. The molecule has 2 rings (SSSR count). The van der Waals surface area contributed by atoms with Gasteiger partial charge in [0, 0.05) is 30.9 Å². The van der Waals surface area contributed by atoms with Gasteiger partial charge in [-0.3, -0.25) is 9.20 Å². The zero-order chi connectivity index (χ0) is 13.8. The van der Waals surface area contributed by atoms with Crippen LogP contribution in [-0.4, -0.2) is 38.6 Å². The summed E-state index contributed by atoms with van der Waals surface area (Å²) in [6, 6.07) is 0. The van der Waals surface area contributed by atoms with E-state index in [2.05, 4.69) is 20.5 Å². The van der Waals surface area contributed by atoms with E-state index in [1.807, 2.05) is 18.2 Å². The van der Waals surface area contributed by atoms with Crippen molar-refractivity contribution < 1.29 is 4.79 Å². The maximum Gasteiger partial charge on any atom is 0.255 e. The Bertz CT molecular complexity index is 591. The standard InChI is InChI=1S/C12H18N6O/c1-8-10(3-4-11(19)14-6-5-13)9(2)18-7-15-17-12(18)16-8/h7H,3-6,13H2,1-2H3,(H,14,19). The lowest BCUT2D eigenvalue weighted by Crippen LogP contribution is -2.29. The van der Waals surface area contributed by atoms with E-state index in [9.17, 15) is 4.79 Å². The molecule has 0 bridgehead atoms. The van der Waals surface area contributed by atoms with Gasteiger partial charge in [-0.05, 0) is 25.8 Å². The SMILES string of the molecule is Cc1nc2nncn2c(C)c1CCC(=O)NCCN.